The van der Waals surface area contributed by atoms with Gasteiger partial charge < -0.3 is 25.8 Å². The zero-order valence-corrected chi connectivity index (χ0v) is 23.7. The molecule has 0 aromatic carbocycles. The van der Waals surface area contributed by atoms with Crippen molar-refractivity contribution in [3.63, 3.8) is 0 Å². The number of hydrogen-bond acceptors (Lipinski definition) is 7. The number of rotatable bonds is 11. The van der Waals surface area contributed by atoms with Gasteiger partial charge in [0.05, 0.1) is 6.54 Å². The number of amides is 3. The Balaban J connectivity index is 2.53. The highest BCUT2D eigenvalue weighted by atomic mass is 35.6. The van der Waals surface area contributed by atoms with E-state index in [0.29, 0.717) is 13.0 Å². The molecule has 0 spiro atoms. The molecule has 1 saturated carbocycles. The van der Waals surface area contributed by atoms with Crippen molar-refractivity contribution in [1.82, 2.24) is 10.6 Å². The molecule has 0 bridgehead atoms. The van der Waals surface area contributed by atoms with Crippen LogP contribution in [-0.2, 0) is 23.9 Å². The maximum absolute atomic E-state index is 13.0. The molecule has 1 aliphatic rings. The van der Waals surface area contributed by atoms with Gasteiger partial charge in [-0.05, 0) is 59.3 Å². The lowest BCUT2D eigenvalue weighted by Gasteiger charge is -2.31. The summed E-state index contributed by atoms with van der Waals surface area (Å²) in [6.07, 6.45) is 4.73. The van der Waals surface area contributed by atoms with E-state index in [-0.39, 0.29) is 18.2 Å². The number of halogens is 3. The molecule has 0 heterocycles. The van der Waals surface area contributed by atoms with Crippen LogP contribution in [0.2, 0.25) is 0 Å². The van der Waals surface area contributed by atoms with Crippen molar-refractivity contribution in [2.24, 2.45) is 11.7 Å². The second kappa shape index (κ2) is 15.2. The number of hydrogen-bond donors (Lipinski definition) is 4. The predicted octanol–water partition coefficient (Wildman–Crippen LogP) is 2.08. The number of primary amides is 1. The van der Waals surface area contributed by atoms with E-state index in [1.165, 1.54) is 5.32 Å². The Kier molecular flexibility index (Phi) is 13.8. The molecule has 0 radical (unpaired) electrons. The third kappa shape index (κ3) is 13.8. The molecule has 0 aliphatic heterocycles. The fourth-order valence-corrected chi connectivity index (χ4v) is 3.97. The number of quaternary nitrogens is 1. The molecule has 10 nitrogen and oxygen atoms in total. The summed E-state index contributed by atoms with van der Waals surface area (Å²) in [7, 11) is 0. The van der Waals surface area contributed by atoms with Gasteiger partial charge in [0.1, 0.15) is 30.3 Å². The number of alkyl halides is 3. The summed E-state index contributed by atoms with van der Waals surface area (Å²) in [4.78, 5) is 49.7. The minimum Gasteiger partial charge on any atom is -0.460 e. The number of esters is 1. The first-order valence-electron chi connectivity index (χ1n) is 12.2. The van der Waals surface area contributed by atoms with Gasteiger partial charge in [-0.25, -0.2) is 9.59 Å². The maximum Gasteiger partial charge on any atom is 0.408 e. The fourth-order valence-electron chi connectivity index (χ4n) is 3.81. The van der Waals surface area contributed by atoms with Gasteiger partial charge in [0.25, 0.3) is 0 Å². The Morgan fingerprint density at radius 3 is 2.22 bits per heavy atom. The van der Waals surface area contributed by atoms with Crippen LogP contribution in [0.5, 0.6) is 0 Å². The Hall–Kier alpha value is -1.33. The predicted molar refractivity (Wildman–Crippen MR) is 138 cm³/mol. The third-order valence-corrected chi connectivity index (χ3v) is 5.93. The molecular weight excluding hydrogens is 535 g/mol. The number of carbonyl (C=O) groups excluding carboxylic acids is 4. The third-order valence-electron chi connectivity index (χ3n) is 5.61. The zero-order chi connectivity index (χ0) is 27.5. The van der Waals surface area contributed by atoms with Gasteiger partial charge in [-0.2, -0.15) is 0 Å². The average Bonchev–Trinajstić information content (AvgIpc) is 2.77. The van der Waals surface area contributed by atoms with E-state index in [0.717, 1.165) is 32.1 Å². The van der Waals surface area contributed by atoms with Crippen molar-refractivity contribution in [3.8, 4) is 0 Å². The molecule has 208 valence electrons. The van der Waals surface area contributed by atoms with E-state index in [9.17, 15) is 19.2 Å². The van der Waals surface area contributed by atoms with Gasteiger partial charge in [-0.15, -0.1) is 0 Å². The summed E-state index contributed by atoms with van der Waals surface area (Å²) in [5, 5.41) is 6.87. The second-order valence-corrected chi connectivity index (χ2v) is 12.6. The highest BCUT2D eigenvalue weighted by Gasteiger charge is 2.34. The van der Waals surface area contributed by atoms with Gasteiger partial charge in [-0.3, -0.25) is 14.9 Å². The quantitative estimate of drug-likeness (QED) is 0.167. The Bertz CT molecular complexity index is 751. The minimum absolute atomic E-state index is 0.0274. The second-order valence-electron chi connectivity index (χ2n) is 10.1. The smallest absolute Gasteiger partial charge is 0.408 e. The van der Waals surface area contributed by atoms with Crippen LogP contribution in [0.4, 0.5) is 4.79 Å². The topological polar surface area (TPSA) is 153 Å². The van der Waals surface area contributed by atoms with Crippen molar-refractivity contribution in [2.75, 3.05) is 13.2 Å². The Morgan fingerprint density at radius 1 is 1.06 bits per heavy atom. The van der Waals surface area contributed by atoms with Crippen molar-refractivity contribution in [2.45, 2.75) is 100 Å². The summed E-state index contributed by atoms with van der Waals surface area (Å²) in [5.74, 6) is -1.42. The van der Waals surface area contributed by atoms with Crippen LogP contribution < -0.4 is 21.7 Å². The Labute approximate surface area is 228 Å². The van der Waals surface area contributed by atoms with Crippen LogP contribution in [0.3, 0.4) is 0 Å². The molecule has 3 atom stereocenters. The first-order chi connectivity index (χ1) is 16.6. The van der Waals surface area contributed by atoms with Gasteiger partial charge >= 0.3 is 18.0 Å². The lowest BCUT2D eigenvalue weighted by Crippen LogP contribution is -2.91. The summed E-state index contributed by atoms with van der Waals surface area (Å²) in [6.45, 7) is 6.78. The van der Waals surface area contributed by atoms with E-state index in [2.05, 4.69) is 10.6 Å². The summed E-state index contributed by atoms with van der Waals surface area (Å²) >= 11 is 16.6. The lowest BCUT2D eigenvalue weighted by molar-refractivity contribution is -0.570. The molecule has 1 aliphatic carbocycles. The van der Waals surface area contributed by atoms with Gasteiger partial charge in [0, 0.05) is 0 Å². The van der Waals surface area contributed by atoms with Crippen LogP contribution >= 0.6 is 34.8 Å². The molecule has 13 heteroatoms. The van der Waals surface area contributed by atoms with Crippen LogP contribution in [0, 0.1) is 5.92 Å². The molecule has 3 amide bonds. The van der Waals surface area contributed by atoms with Crippen LogP contribution in [0.1, 0.15) is 72.6 Å². The van der Waals surface area contributed by atoms with Crippen LogP contribution in [0.15, 0.2) is 0 Å². The lowest BCUT2D eigenvalue weighted by atomic mass is 9.83. The van der Waals surface area contributed by atoms with Crippen molar-refractivity contribution < 1.29 is 34.0 Å². The number of carbonyl (C=O) groups is 4. The van der Waals surface area contributed by atoms with Gasteiger partial charge in [0.2, 0.25) is 9.70 Å². The van der Waals surface area contributed by atoms with Crippen molar-refractivity contribution in [3.05, 3.63) is 0 Å². The normalized spacial score (nSPS) is 17.4. The number of alkyl carbamates (subject to hydrolysis) is 1. The van der Waals surface area contributed by atoms with Gasteiger partial charge in [-0.1, -0.05) is 54.1 Å². The van der Waals surface area contributed by atoms with Gasteiger partial charge in [0.15, 0.2) is 0 Å². The monoisotopic (exact) mass is 573 g/mol. The molecule has 6 N–H and O–H groups in total. The molecule has 1 fully saturated rings. The van der Waals surface area contributed by atoms with Crippen molar-refractivity contribution >= 4 is 58.7 Å². The highest BCUT2D eigenvalue weighted by Crippen LogP contribution is 2.27. The molecule has 0 aromatic heterocycles. The summed E-state index contributed by atoms with van der Waals surface area (Å²) < 4.78 is 8.45. The fraction of sp³-hybridized carbons (Fsp3) is 0.826. The summed E-state index contributed by atoms with van der Waals surface area (Å²) in [5.41, 5.74) is 5.07. The number of nitrogens with one attached hydrogen (secondary N) is 2. The molecule has 3 unspecified atom stereocenters. The van der Waals surface area contributed by atoms with E-state index >= 15 is 0 Å². The molecular formula is C23H40Cl3N4O6+. The number of ether oxygens (including phenoxy) is 2. The standard InChI is InChI=1S/C23H39Cl3N4O6/c1-14(18(31)28-12-8-11-16(27)20(33)35-13-23(24,25)26)29-19(32)17(15-9-6-5-7-10-15)30-21(34)36-22(2,3)4/h14-17H,5-13,27H2,1-4H3,(H,28,31)(H,29,32)(H,30,34)/p+1. The molecule has 0 aromatic rings. The molecule has 0 saturated heterocycles. The maximum atomic E-state index is 13.0. The highest BCUT2D eigenvalue weighted by molar-refractivity contribution is 6.67. The SMILES string of the molecule is CC(NC(=O)C(NC(=O)OC(C)(C)C)C1CCCCC1)C(=O)[NH2+]CCCC(N)C(=O)OCC(Cl)(Cl)Cl. The van der Waals surface area contributed by atoms with Crippen LogP contribution in [0.25, 0.3) is 0 Å². The van der Waals surface area contributed by atoms with E-state index < -0.39 is 52.1 Å². The number of nitrogens with two attached hydrogens (primary N) is 2. The zero-order valence-electron chi connectivity index (χ0n) is 21.4. The summed E-state index contributed by atoms with van der Waals surface area (Å²) in [6, 6.07) is -2.48. The molecule has 1 rings (SSSR count). The minimum atomic E-state index is -1.71. The van der Waals surface area contributed by atoms with E-state index in [1.54, 1.807) is 27.7 Å². The van der Waals surface area contributed by atoms with E-state index in [4.69, 9.17) is 50.0 Å². The Morgan fingerprint density at radius 2 is 1.67 bits per heavy atom. The first-order valence-corrected chi connectivity index (χ1v) is 13.4. The van der Waals surface area contributed by atoms with E-state index in [1.807, 2.05) is 0 Å². The molecule has 36 heavy (non-hydrogen) atoms. The van der Waals surface area contributed by atoms with Crippen molar-refractivity contribution in [1.29, 1.82) is 0 Å². The first kappa shape index (κ1) is 32.7. The largest absolute Gasteiger partial charge is 0.460 e. The average molecular weight is 575 g/mol. The van der Waals surface area contributed by atoms with Crippen LogP contribution in [-0.4, -0.2) is 64.5 Å².